The van der Waals surface area contributed by atoms with E-state index < -0.39 is 6.36 Å². The Bertz CT molecular complexity index is 905. The zero-order valence-electron chi connectivity index (χ0n) is 17.4. The SMILES string of the molecule is COc1ccc(OC)c(C2CCCN2CC(=O)NCc2ccccc2OC(F)(F)F)c1. The average molecular weight is 438 g/mol. The summed E-state index contributed by atoms with van der Waals surface area (Å²) in [6.07, 6.45) is -3.02. The van der Waals surface area contributed by atoms with Gasteiger partial charge in [0, 0.05) is 23.7 Å². The summed E-state index contributed by atoms with van der Waals surface area (Å²) < 4.78 is 52.6. The monoisotopic (exact) mass is 438 g/mol. The van der Waals surface area contributed by atoms with Gasteiger partial charge in [0.15, 0.2) is 0 Å². The largest absolute Gasteiger partial charge is 0.573 e. The molecule has 1 aliphatic rings. The Kier molecular flexibility index (Phi) is 7.27. The third-order valence-electron chi connectivity index (χ3n) is 5.18. The molecule has 1 heterocycles. The molecule has 1 atom stereocenters. The molecule has 0 radical (unpaired) electrons. The standard InChI is InChI=1S/C22H25F3N2O4/c1-29-16-9-10-20(30-2)17(12-16)18-7-5-11-27(18)14-21(28)26-13-15-6-3-4-8-19(15)31-22(23,24)25/h3-4,6,8-10,12,18H,5,7,11,13-14H2,1-2H3,(H,26,28). The molecule has 0 saturated carbocycles. The van der Waals surface area contributed by atoms with Crippen LogP contribution in [0, 0.1) is 0 Å². The Morgan fingerprint density at radius 3 is 2.61 bits per heavy atom. The lowest BCUT2D eigenvalue weighted by atomic mass is 10.0. The summed E-state index contributed by atoms with van der Waals surface area (Å²) in [6, 6.07) is 11.3. The second-order valence-electron chi connectivity index (χ2n) is 7.17. The number of nitrogens with zero attached hydrogens (tertiary/aromatic N) is 1. The third-order valence-corrected chi connectivity index (χ3v) is 5.18. The van der Waals surface area contributed by atoms with Crippen molar-refractivity contribution in [3.05, 3.63) is 53.6 Å². The number of benzene rings is 2. The quantitative estimate of drug-likeness (QED) is 0.674. The van der Waals surface area contributed by atoms with Crippen molar-refractivity contribution in [3.8, 4) is 17.2 Å². The zero-order valence-corrected chi connectivity index (χ0v) is 17.4. The van der Waals surface area contributed by atoms with Crippen LogP contribution in [0.3, 0.4) is 0 Å². The minimum absolute atomic E-state index is 0.0170. The van der Waals surface area contributed by atoms with Crippen LogP contribution in [-0.2, 0) is 11.3 Å². The Hall–Kier alpha value is -2.94. The molecule has 1 saturated heterocycles. The molecule has 1 N–H and O–H groups in total. The van der Waals surface area contributed by atoms with Crippen molar-refractivity contribution in [1.82, 2.24) is 10.2 Å². The summed E-state index contributed by atoms with van der Waals surface area (Å²) >= 11 is 0. The minimum atomic E-state index is -4.79. The van der Waals surface area contributed by atoms with E-state index in [1.54, 1.807) is 20.3 Å². The third kappa shape index (κ3) is 6.04. The summed E-state index contributed by atoms with van der Waals surface area (Å²) in [7, 11) is 3.18. The fraction of sp³-hybridized carbons (Fsp3) is 0.409. The van der Waals surface area contributed by atoms with Crippen molar-refractivity contribution >= 4 is 5.91 Å². The number of amides is 1. The molecule has 6 nitrogen and oxygen atoms in total. The van der Waals surface area contributed by atoms with Crippen LogP contribution in [0.4, 0.5) is 13.2 Å². The number of likely N-dealkylation sites (tertiary alicyclic amines) is 1. The number of methoxy groups -OCH3 is 2. The van der Waals surface area contributed by atoms with Crippen LogP contribution in [0.5, 0.6) is 17.2 Å². The lowest BCUT2D eigenvalue weighted by Crippen LogP contribution is -2.36. The average Bonchev–Trinajstić information content (AvgIpc) is 3.19. The molecule has 0 spiro atoms. The summed E-state index contributed by atoms with van der Waals surface area (Å²) in [5.74, 6) is 0.816. The molecule has 0 aromatic heterocycles. The number of carbonyl (C=O) groups is 1. The maximum absolute atomic E-state index is 12.6. The lowest BCUT2D eigenvalue weighted by Gasteiger charge is -2.26. The van der Waals surface area contributed by atoms with Crippen LogP contribution >= 0.6 is 0 Å². The number of para-hydroxylation sites is 1. The van der Waals surface area contributed by atoms with E-state index in [0.717, 1.165) is 30.7 Å². The predicted molar refractivity (Wildman–Crippen MR) is 108 cm³/mol. The van der Waals surface area contributed by atoms with Gasteiger partial charge < -0.3 is 19.5 Å². The van der Waals surface area contributed by atoms with Crippen molar-refractivity contribution in [3.63, 3.8) is 0 Å². The predicted octanol–water partition coefficient (Wildman–Crippen LogP) is 4.06. The number of carbonyl (C=O) groups excluding carboxylic acids is 1. The molecular weight excluding hydrogens is 413 g/mol. The minimum Gasteiger partial charge on any atom is -0.497 e. The van der Waals surface area contributed by atoms with Crippen molar-refractivity contribution in [2.75, 3.05) is 27.3 Å². The molecule has 1 fully saturated rings. The van der Waals surface area contributed by atoms with E-state index in [0.29, 0.717) is 5.75 Å². The van der Waals surface area contributed by atoms with Gasteiger partial charge in [-0.2, -0.15) is 0 Å². The highest BCUT2D eigenvalue weighted by Crippen LogP contribution is 2.38. The van der Waals surface area contributed by atoms with Gasteiger partial charge in [0.1, 0.15) is 17.2 Å². The van der Waals surface area contributed by atoms with E-state index in [2.05, 4.69) is 10.1 Å². The molecule has 0 aliphatic carbocycles. The molecule has 9 heteroatoms. The summed E-state index contributed by atoms with van der Waals surface area (Å²) in [6.45, 7) is 0.783. The smallest absolute Gasteiger partial charge is 0.497 e. The molecule has 1 amide bonds. The van der Waals surface area contributed by atoms with Crippen molar-refractivity contribution in [2.45, 2.75) is 31.8 Å². The zero-order chi connectivity index (χ0) is 22.4. The molecular formula is C22H25F3N2O4. The molecule has 2 aromatic rings. The number of hydrogen-bond acceptors (Lipinski definition) is 5. The topological polar surface area (TPSA) is 60.0 Å². The molecule has 0 bridgehead atoms. The highest BCUT2D eigenvalue weighted by molar-refractivity contribution is 5.78. The number of hydrogen-bond donors (Lipinski definition) is 1. The first-order valence-electron chi connectivity index (χ1n) is 9.87. The molecule has 168 valence electrons. The van der Waals surface area contributed by atoms with Gasteiger partial charge in [0.2, 0.25) is 5.91 Å². The van der Waals surface area contributed by atoms with Gasteiger partial charge in [-0.25, -0.2) is 0 Å². The Morgan fingerprint density at radius 1 is 1.13 bits per heavy atom. The van der Waals surface area contributed by atoms with Gasteiger partial charge in [0.25, 0.3) is 0 Å². The number of nitrogens with one attached hydrogen (secondary N) is 1. The van der Waals surface area contributed by atoms with Crippen LogP contribution in [0.1, 0.15) is 30.0 Å². The molecule has 3 rings (SSSR count). The summed E-state index contributed by atoms with van der Waals surface area (Å²) in [4.78, 5) is 14.6. The number of ether oxygens (including phenoxy) is 3. The molecule has 1 unspecified atom stereocenters. The van der Waals surface area contributed by atoms with Gasteiger partial charge in [-0.05, 0) is 43.7 Å². The Morgan fingerprint density at radius 2 is 1.90 bits per heavy atom. The number of rotatable bonds is 8. The van der Waals surface area contributed by atoms with Gasteiger partial charge in [-0.1, -0.05) is 18.2 Å². The van der Waals surface area contributed by atoms with E-state index in [-0.39, 0.29) is 36.4 Å². The van der Waals surface area contributed by atoms with Crippen molar-refractivity contribution in [1.29, 1.82) is 0 Å². The van der Waals surface area contributed by atoms with Gasteiger partial charge in [0.05, 0.1) is 20.8 Å². The van der Waals surface area contributed by atoms with Gasteiger partial charge in [-0.3, -0.25) is 9.69 Å². The number of alkyl halides is 3. The van der Waals surface area contributed by atoms with E-state index in [1.165, 1.54) is 18.2 Å². The fourth-order valence-corrected chi connectivity index (χ4v) is 3.78. The van der Waals surface area contributed by atoms with E-state index in [9.17, 15) is 18.0 Å². The van der Waals surface area contributed by atoms with Crippen molar-refractivity contribution in [2.24, 2.45) is 0 Å². The highest BCUT2D eigenvalue weighted by atomic mass is 19.4. The maximum atomic E-state index is 12.6. The molecule has 2 aromatic carbocycles. The summed E-state index contributed by atoms with van der Waals surface area (Å²) in [5.41, 5.74) is 1.19. The highest BCUT2D eigenvalue weighted by Gasteiger charge is 2.32. The van der Waals surface area contributed by atoms with Crippen molar-refractivity contribution < 1.29 is 32.2 Å². The van der Waals surface area contributed by atoms with E-state index in [1.807, 2.05) is 23.1 Å². The van der Waals surface area contributed by atoms with Crippen LogP contribution in [0.25, 0.3) is 0 Å². The second kappa shape index (κ2) is 9.91. The fourth-order valence-electron chi connectivity index (χ4n) is 3.78. The molecule has 1 aliphatic heterocycles. The first-order valence-corrected chi connectivity index (χ1v) is 9.87. The first kappa shape index (κ1) is 22.7. The first-order chi connectivity index (χ1) is 14.8. The van der Waals surface area contributed by atoms with Crippen LogP contribution in [0.15, 0.2) is 42.5 Å². The van der Waals surface area contributed by atoms with E-state index >= 15 is 0 Å². The van der Waals surface area contributed by atoms with Gasteiger partial charge >= 0.3 is 6.36 Å². The van der Waals surface area contributed by atoms with Gasteiger partial charge in [-0.15, -0.1) is 13.2 Å². The lowest BCUT2D eigenvalue weighted by molar-refractivity contribution is -0.274. The van der Waals surface area contributed by atoms with Crippen LogP contribution in [-0.4, -0.2) is 44.5 Å². The Labute approximate surface area is 178 Å². The van der Waals surface area contributed by atoms with Crippen LogP contribution < -0.4 is 19.5 Å². The normalized spacial score (nSPS) is 16.7. The maximum Gasteiger partial charge on any atom is 0.573 e. The molecule has 31 heavy (non-hydrogen) atoms. The Balaban J connectivity index is 1.65. The van der Waals surface area contributed by atoms with E-state index in [4.69, 9.17) is 9.47 Å². The summed E-state index contributed by atoms with van der Waals surface area (Å²) in [5, 5.41) is 2.69. The second-order valence-corrected chi connectivity index (χ2v) is 7.17. The van der Waals surface area contributed by atoms with Crippen LogP contribution in [0.2, 0.25) is 0 Å². The number of halogens is 3.